The SMILES string of the molecule is CCNCC(CC)(CC)CN1CC(C)OC(CO)C1. The summed E-state index contributed by atoms with van der Waals surface area (Å²) < 4.78 is 5.72. The van der Waals surface area contributed by atoms with E-state index in [-0.39, 0.29) is 18.8 Å². The van der Waals surface area contributed by atoms with Crippen LogP contribution in [0.25, 0.3) is 0 Å². The second kappa shape index (κ2) is 8.20. The lowest BCUT2D eigenvalue weighted by Gasteiger charge is -2.42. The first kappa shape index (κ1) is 16.9. The average Bonchev–Trinajstić information content (AvgIpc) is 2.43. The van der Waals surface area contributed by atoms with Gasteiger partial charge in [-0.25, -0.2) is 0 Å². The van der Waals surface area contributed by atoms with Gasteiger partial charge >= 0.3 is 0 Å². The smallest absolute Gasteiger partial charge is 0.0936 e. The number of nitrogens with one attached hydrogen (secondary N) is 1. The largest absolute Gasteiger partial charge is 0.394 e. The maximum absolute atomic E-state index is 9.32. The molecule has 0 aromatic rings. The van der Waals surface area contributed by atoms with Gasteiger partial charge in [-0.2, -0.15) is 0 Å². The van der Waals surface area contributed by atoms with E-state index in [1.807, 2.05) is 0 Å². The minimum absolute atomic E-state index is 0.0192. The van der Waals surface area contributed by atoms with Gasteiger partial charge in [-0.1, -0.05) is 20.8 Å². The van der Waals surface area contributed by atoms with Gasteiger partial charge in [-0.3, -0.25) is 4.90 Å². The van der Waals surface area contributed by atoms with Crippen molar-refractivity contribution in [2.24, 2.45) is 5.41 Å². The molecule has 4 heteroatoms. The van der Waals surface area contributed by atoms with E-state index in [4.69, 9.17) is 4.74 Å². The molecule has 1 aliphatic rings. The van der Waals surface area contributed by atoms with Gasteiger partial charge in [0.2, 0.25) is 0 Å². The topological polar surface area (TPSA) is 44.7 Å². The molecule has 19 heavy (non-hydrogen) atoms. The number of aliphatic hydroxyl groups excluding tert-OH is 1. The van der Waals surface area contributed by atoms with Gasteiger partial charge in [0.25, 0.3) is 0 Å². The highest BCUT2D eigenvalue weighted by molar-refractivity contribution is 4.86. The van der Waals surface area contributed by atoms with E-state index >= 15 is 0 Å². The number of hydrogen-bond donors (Lipinski definition) is 2. The van der Waals surface area contributed by atoms with Crippen LogP contribution in [0, 0.1) is 5.41 Å². The summed E-state index contributed by atoms with van der Waals surface area (Å²) >= 11 is 0. The van der Waals surface area contributed by atoms with Crippen molar-refractivity contribution in [2.75, 3.05) is 39.3 Å². The van der Waals surface area contributed by atoms with Crippen molar-refractivity contribution in [1.29, 1.82) is 0 Å². The van der Waals surface area contributed by atoms with Crippen molar-refractivity contribution in [3.05, 3.63) is 0 Å². The van der Waals surface area contributed by atoms with Crippen molar-refractivity contribution in [2.45, 2.75) is 52.7 Å². The molecule has 4 nitrogen and oxygen atoms in total. The van der Waals surface area contributed by atoms with Crippen LogP contribution in [0.15, 0.2) is 0 Å². The molecule has 1 heterocycles. The lowest BCUT2D eigenvalue weighted by molar-refractivity contribution is -0.103. The quantitative estimate of drug-likeness (QED) is 0.702. The molecule has 0 aromatic carbocycles. The Labute approximate surface area is 118 Å². The normalized spacial score (nSPS) is 25.7. The molecule has 2 N–H and O–H groups in total. The lowest BCUT2D eigenvalue weighted by Crippen LogP contribution is -2.53. The Hall–Kier alpha value is -0.160. The number of aliphatic hydroxyl groups is 1. The first-order valence-corrected chi connectivity index (χ1v) is 7.78. The van der Waals surface area contributed by atoms with E-state index in [0.717, 1.165) is 32.7 Å². The van der Waals surface area contributed by atoms with Crippen LogP contribution in [0.4, 0.5) is 0 Å². The minimum Gasteiger partial charge on any atom is -0.394 e. The second-order valence-corrected chi connectivity index (χ2v) is 5.93. The van der Waals surface area contributed by atoms with E-state index in [1.54, 1.807) is 0 Å². The first-order valence-electron chi connectivity index (χ1n) is 7.78. The third-order valence-electron chi connectivity index (χ3n) is 4.41. The zero-order chi connectivity index (χ0) is 14.3. The summed E-state index contributed by atoms with van der Waals surface area (Å²) in [7, 11) is 0. The molecule has 0 spiro atoms. The van der Waals surface area contributed by atoms with Crippen molar-refractivity contribution in [3.8, 4) is 0 Å². The highest BCUT2D eigenvalue weighted by atomic mass is 16.5. The van der Waals surface area contributed by atoms with Crippen LogP contribution in [0.1, 0.15) is 40.5 Å². The van der Waals surface area contributed by atoms with Crippen LogP contribution in [0.5, 0.6) is 0 Å². The maximum Gasteiger partial charge on any atom is 0.0936 e. The van der Waals surface area contributed by atoms with Crippen molar-refractivity contribution in [3.63, 3.8) is 0 Å². The summed E-state index contributed by atoms with van der Waals surface area (Å²) in [6.07, 6.45) is 2.57. The molecule has 0 amide bonds. The zero-order valence-corrected chi connectivity index (χ0v) is 13.1. The molecule has 0 aliphatic carbocycles. The van der Waals surface area contributed by atoms with E-state index in [9.17, 15) is 5.11 Å². The molecule has 0 aromatic heterocycles. The number of morpholine rings is 1. The number of nitrogens with zero attached hydrogens (tertiary/aromatic N) is 1. The van der Waals surface area contributed by atoms with Crippen molar-refractivity contribution >= 4 is 0 Å². The van der Waals surface area contributed by atoms with Gasteiger partial charge in [-0.05, 0) is 31.7 Å². The van der Waals surface area contributed by atoms with Crippen LogP contribution >= 0.6 is 0 Å². The van der Waals surface area contributed by atoms with Crippen molar-refractivity contribution in [1.82, 2.24) is 10.2 Å². The molecule has 0 radical (unpaired) electrons. The van der Waals surface area contributed by atoms with Gasteiger partial charge in [0.1, 0.15) is 0 Å². The molecule has 0 saturated carbocycles. The minimum atomic E-state index is -0.0192. The van der Waals surface area contributed by atoms with Crippen LogP contribution in [0.3, 0.4) is 0 Å². The lowest BCUT2D eigenvalue weighted by atomic mass is 9.81. The number of hydrogen-bond acceptors (Lipinski definition) is 4. The molecule has 1 saturated heterocycles. The van der Waals surface area contributed by atoms with Gasteiger partial charge < -0.3 is 15.2 Å². The molecule has 2 atom stereocenters. The summed E-state index contributed by atoms with van der Waals surface area (Å²) in [5, 5.41) is 12.8. The van der Waals surface area contributed by atoms with Gasteiger partial charge in [-0.15, -0.1) is 0 Å². The van der Waals surface area contributed by atoms with Gasteiger partial charge in [0.05, 0.1) is 18.8 Å². The Balaban J connectivity index is 2.61. The molecule has 0 bridgehead atoms. The van der Waals surface area contributed by atoms with Crippen molar-refractivity contribution < 1.29 is 9.84 Å². The average molecular weight is 272 g/mol. The third-order valence-corrected chi connectivity index (χ3v) is 4.41. The van der Waals surface area contributed by atoms with Gasteiger partial charge in [0.15, 0.2) is 0 Å². The molecule has 1 rings (SSSR count). The third kappa shape index (κ3) is 5.03. The Morgan fingerprint density at radius 2 is 1.95 bits per heavy atom. The van der Waals surface area contributed by atoms with E-state index < -0.39 is 0 Å². The Bertz CT molecular complexity index is 244. The van der Waals surface area contributed by atoms with Crippen LogP contribution < -0.4 is 5.32 Å². The first-order chi connectivity index (χ1) is 9.09. The molecule has 1 aliphatic heterocycles. The predicted octanol–water partition coefficient (Wildman–Crippen LogP) is 1.48. The predicted molar refractivity (Wildman–Crippen MR) is 79.4 cm³/mol. The van der Waals surface area contributed by atoms with E-state index in [1.165, 1.54) is 12.8 Å². The fourth-order valence-corrected chi connectivity index (χ4v) is 3.01. The molecular formula is C15H32N2O2. The van der Waals surface area contributed by atoms with Crippen LogP contribution in [-0.2, 0) is 4.74 Å². The van der Waals surface area contributed by atoms with E-state index in [2.05, 4.69) is 37.9 Å². The number of rotatable bonds is 8. The Kier molecular flexibility index (Phi) is 7.29. The summed E-state index contributed by atoms with van der Waals surface area (Å²) in [5.41, 5.74) is 0.340. The fourth-order valence-electron chi connectivity index (χ4n) is 3.01. The zero-order valence-electron chi connectivity index (χ0n) is 13.1. The maximum atomic E-state index is 9.32. The molecular weight excluding hydrogens is 240 g/mol. The standard InChI is InChI=1S/C15H32N2O2/c1-5-15(6-2,11-16-7-3)12-17-8-13(4)19-14(9-17)10-18/h13-14,16,18H,5-12H2,1-4H3. The highest BCUT2D eigenvalue weighted by Crippen LogP contribution is 2.28. The molecule has 2 unspecified atom stereocenters. The summed E-state index contributed by atoms with van der Waals surface area (Å²) in [4.78, 5) is 2.47. The molecule has 1 fully saturated rings. The fraction of sp³-hybridized carbons (Fsp3) is 1.00. The Morgan fingerprint density at radius 1 is 1.26 bits per heavy atom. The monoisotopic (exact) mass is 272 g/mol. The summed E-state index contributed by atoms with van der Waals surface area (Å²) in [6.45, 7) is 14.0. The number of ether oxygens (including phenoxy) is 1. The second-order valence-electron chi connectivity index (χ2n) is 5.93. The van der Waals surface area contributed by atoms with Gasteiger partial charge in [0, 0.05) is 26.2 Å². The summed E-state index contributed by atoms with van der Waals surface area (Å²) in [5.74, 6) is 0. The van der Waals surface area contributed by atoms with Crippen LogP contribution in [-0.4, -0.2) is 61.5 Å². The van der Waals surface area contributed by atoms with E-state index in [0.29, 0.717) is 5.41 Å². The summed E-state index contributed by atoms with van der Waals surface area (Å²) in [6, 6.07) is 0. The molecule has 114 valence electrons. The van der Waals surface area contributed by atoms with Crippen LogP contribution in [0.2, 0.25) is 0 Å². The Morgan fingerprint density at radius 3 is 2.47 bits per heavy atom. The highest BCUT2D eigenvalue weighted by Gasteiger charge is 2.32.